The van der Waals surface area contributed by atoms with Crippen LogP contribution in [0, 0.1) is 5.82 Å². The molecule has 2 aromatic rings. The molecule has 3 rings (SSSR count). The molecule has 0 spiro atoms. The summed E-state index contributed by atoms with van der Waals surface area (Å²) in [5.41, 5.74) is 0.941. The van der Waals surface area contributed by atoms with Crippen molar-refractivity contribution in [2.75, 3.05) is 7.11 Å². The van der Waals surface area contributed by atoms with Gasteiger partial charge in [0.15, 0.2) is 11.5 Å². The van der Waals surface area contributed by atoms with Crippen LogP contribution >= 0.6 is 35.0 Å². The van der Waals surface area contributed by atoms with Gasteiger partial charge in [0.2, 0.25) is 0 Å². The Kier molecular flexibility index (Phi) is 5.64. The summed E-state index contributed by atoms with van der Waals surface area (Å²) in [6.45, 7) is -0.0687. The van der Waals surface area contributed by atoms with E-state index < -0.39 is 17.0 Å². The normalized spacial score (nSPS) is 15.7. The summed E-state index contributed by atoms with van der Waals surface area (Å²) >= 11 is 12.7. The molecule has 1 heterocycles. The zero-order valence-electron chi connectivity index (χ0n) is 13.8. The average Bonchev–Trinajstić information content (AvgIpc) is 2.87. The van der Waals surface area contributed by atoms with Gasteiger partial charge >= 0.3 is 0 Å². The lowest BCUT2D eigenvalue weighted by Gasteiger charge is -2.13. The average molecular weight is 428 g/mol. The molecule has 2 amide bonds. The molecule has 0 unspecified atom stereocenters. The van der Waals surface area contributed by atoms with Gasteiger partial charge in [-0.1, -0.05) is 29.3 Å². The monoisotopic (exact) mass is 427 g/mol. The first-order chi connectivity index (χ1) is 12.8. The molecule has 1 N–H and O–H groups in total. The maximum Gasteiger partial charge on any atom is 0.293 e. The number of benzene rings is 2. The van der Waals surface area contributed by atoms with Gasteiger partial charge in [0.25, 0.3) is 11.1 Å². The molecule has 2 aromatic carbocycles. The minimum atomic E-state index is -0.506. The van der Waals surface area contributed by atoms with Gasteiger partial charge in [-0.15, -0.1) is 0 Å². The van der Waals surface area contributed by atoms with Gasteiger partial charge in [0, 0.05) is 5.02 Å². The number of amides is 2. The first kappa shape index (κ1) is 19.5. The largest absolute Gasteiger partial charge is 0.503 e. The minimum Gasteiger partial charge on any atom is -0.503 e. The molecule has 0 aliphatic carbocycles. The fourth-order valence-corrected chi connectivity index (χ4v) is 3.73. The molecule has 1 aliphatic rings. The van der Waals surface area contributed by atoms with Crippen molar-refractivity contribution in [1.29, 1.82) is 0 Å². The first-order valence-electron chi connectivity index (χ1n) is 7.56. The van der Waals surface area contributed by atoms with Gasteiger partial charge in [0.05, 0.1) is 23.6 Å². The molecular weight excluding hydrogens is 416 g/mol. The highest BCUT2D eigenvalue weighted by Crippen LogP contribution is 2.38. The summed E-state index contributed by atoms with van der Waals surface area (Å²) in [5, 5.41) is 9.49. The zero-order chi connectivity index (χ0) is 19.7. The number of nitrogens with zero attached hydrogens (tertiary/aromatic N) is 1. The topological polar surface area (TPSA) is 66.8 Å². The summed E-state index contributed by atoms with van der Waals surface area (Å²) in [4.78, 5) is 26.0. The van der Waals surface area contributed by atoms with Gasteiger partial charge in [-0.25, -0.2) is 4.39 Å². The number of aromatic hydroxyl groups is 1. The van der Waals surface area contributed by atoms with Crippen molar-refractivity contribution in [2.24, 2.45) is 0 Å². The first-order valence-corrected chi connectivity index (χ1v) is 9.13. The zero-order valence-corrected chi connectivity index (χ0v) is 16.2. The van der Waals surface area contributed by atoms with Gasteiger partial charge < -0.3 is 9.84 Å². The molecule has 1 fully saturated rings. The smallest absolute Gasteiger partial charge is 0.293 e. The Morgan fingerprint density at radius 3 is 2.63 bits per heavy atom. The Labute approximate surface area is 168 Å². The standard InChI is InChI=1S/C18H12Cl2FNO4S/c1-26-14-5-9(4-13(20)16(14)23)6-15-17(24)22(18(25)27-15)8-10-2-3-11(21)7-12(10)19/h2-7,23H,8H2,1H3/b15-6-. The van der Waals surface area contributed by atoms with E-state index in [0.29, 0.717) is 11.1 Å². The fraction of sp³-hybridized carbons (Fsp3) is 0.111. The molecule has 9 heteroatoms. The van der Waals surface area contributed by atoms with Crippen LogP contribution in [0.1, 0.15) is 11.1 Å². The van der Waals surface area contributed by atoms with Crippen molar-refractivity contribution in [2.45, 2.75) is 6.54 Å². The van der Waals surface area contributed by atoms with Gasteiger partial charge in [-0.05, 0) is 53.2 Å². The number of ether oxygens (including phenoxy) is 1. The second kappa shape index (κ2) is 7.80. The van der Waals surface area contributed by atoms with E-state index in [9.17, 15) is 19.1 Å². The van der Waals surface area contributed by atoms with Crippen LogP contribution in [-0.4, -0.2) is 28.3 Å². The molecular formula is C18H12Cl2FNO4S. The van der Waals surface area contributed by atoms with Crippen molar-refractivity contribution in [3.8, 4) is 11.5 Å². The van der Waals surface area contributed by atoms with Crippen molar-refractivity contribution >= 4 is 52.2 Å². The summed E-state index contributed by atoms with van der Waals surface area (Å²) in [7, 11) is 1.37. The number of phenolic OH excluding ortho intramolecular Hbond substituents is 1. The highest BCUT2D eigenvalue weighted by Gasteiger charge is 2.35. The van der Waals surface area contributed by atoms with E-state index in [-0.39, 0.29) is 33.0 Å². The summed E-state index contributed by atoms with van der Waals surface area (Å²) in [6, 6.07) is 6.70. The molecule has 1 saturated heterocycles. The van der Waals surface area contributed by atoms with Gasteiger partial charge in [-0.2, -0.15) is 0 Å². The number of thioether (sulfide) groups is 1. The summed E-state index contributed by atoms with van der Waals surface area (Å²) < 4.78 is 18.2. The van der Waals surface area contributed by atoms with E-state index in [1.54, 1.807) is 0 Å². The highest BCUT2D eigenvalue weighted by molar-refractivity contribution is 8.18. The SMILES string of the molecule is COc1cc(/C=C2\SC(=O)N(Cc3ccc(F)cc3Cl)C2=O)cc(Cl)c1O. The number of carbonyl (C=O) groups excluding carboxylic acids is 2. The second-order valence-corrected chi connectivity index (χ2v) is 7.36. The maximum atomic E-state index is 13.2. The summed E-state index contributed by atoms with van der Waals surface area (Å²) in [6.07, 6.45) is 1.48. The van der Waals surface area contributed by atoms with Crippen LogP contribution in [0.5, 0.6) is 11.5 Å². The van der Waals surface area contributed by atoms with Crippen LogP contribution < -0.4 is 4.74 Å². The molecule has 0 radical (unpaired) electrons. The van der Waals surface area contributed by atoms with Crippen molar-refractivity contribution in [3.05, 3.63) is 62.2 Å². The Morgan fingerprint density at radius 1 is 1.22 bits per heavy atom. The number of phenols is 1. The van der Waals surface area contributed by atoms with E-state index in [4.69, 9.17) is 27.9 Å². The number of methoxy groups -OCH3 is 1. The molecule has 0 bridgehead atoms. The third kappa shape index (κ3) is 4.05. The predicted molar refractivity (Wildman–Crippen MR) is 103 cm³/mol. The van der Waals surface area contributed by atoms with Crippen molar-refractivity contribution in [3.63, 3.8) is 0 Å². The third-order valence-electron chi connectivity index (χ3n) is 3.79. The van der Waals surface area contributed by atoms with Crippen LogP contribution in [0.2, 0.25) is 10.0 Å². The number of imide groups is 1. The second-order valence-electron chi connectivity index (χ2n) is 5.56. The molecule has 0 saturated carbocycles. The van der Waals surface area contributed by atoms with Crippen molar-refractivity contribution in [1.82, 2.24) is 4.90 Å². The fourth-order valence-electron chi connectivity index (χ4n) is 2.44. The van der Waals surface area contributed by atoms with Crippen LogP contribution in [0.4, 0.5) is 9.18 Å². The van der Waals surface area contributed by atoms with Crippen LogP contribution in [0.3, 0.4) is 0 Å². The number of hydrogen-bond acceptors (Lipinski definition) is 5. The van der Waals surface area contributed by atoms with Gasteiger partial charge in [-0.3, -0.25) is 14.5 Å². The van der Waals surface area contributed by atoms with Crippen molar-refractivity contribution < 1.29 is 23.8 Å². The van der Waals surface area contributed by atoms with E-state index in [1.807, 2.05) is 0 Å². The minimum absolute atomic E-state index is 0.0536. The third-order valence-corrected chi connectivity index (χ3v) is 5.33. The summed E-state index contributed by atoms with van der Waals surface area (Å²) in [5.74, 6) is -1.08. The van der Waals surface area contributed by atoms with Crippen LogP contribution in [0.25, 0.3) is 6.08 Å². The van der Waals surface area contributed by atoms with E-state index >= 15 is 0 Å². The quantitative estimate of drug-likeness (QED) is 0.688. The predicted octanol–water partition coefficient (Wildman–Crippen LogP) is 5.08. The Bertz CT molecular complexity index is 980. The number of halogens is 3. The maximum absolute atomic E-state index is 13.2. The molecule has 27 heavy (non-hydrogen) atoms. The number of carbonyl (C=O) groups is 2. The van der Waals surface area contributed by atoms with Crippen LogP contribution in [-0.2, 0) is 11.3 Å². The lowest BCUT2D eigenvalue weighted by Crippen LogP contribution is -2.27. The molecule has 1 aliphatic heterocycles. The molecule has 0 aromatic heterocycles. The lowest BCUT2D eigenvalue weighted by molar-refractivity contribution is -0.123. The molecule has 5 nitrogen and oxygen atoms in total. The van der Waals surface area contributed by atoms with E-state index in [1.165, 1.54) is 37.5 Å². The van der Waals surface area contributed by atoms with E-state index in [0.717, 1.165) is 22.7 Å². The highest BCUT2D eigenvalue weighted by atomic mass is 35.5. The number of hydrogen-bond donors (Lipinski definition) is 1. The molecule has 140 valence electrons. The Morgan fingerprint density at radius 2 is 1.96 bits per heavy atom. The van der Waals surface area contributed by atoms with Crippen LogP contribution in [0.15, 0.2) is 35.2 Å². The molecule has 0 atom stereocenters. The van der Waals surface area contributed by atoms with Gasteiger partial charge in [0.1, 0.15) is 5.82 Å². The Balaban J connectivity index is 1.87. The number of rotatable bonds is 4. The Hall–Kier alpha value is -2.22. The lowest BCUT2D eigenvalue weighted by atomic mass is 10.1. The van der Waals surface area contributed by atoms with E-state index in [2.05, 4.69) is 0 Å².